The molecule has 2 N–H and O–H groups in total. The lowest BCUT2D eigenvalue weighted by molar-refractivity contribution is -0.377. The molecule has 0 aliphatic rings. The largest absolute Gasteiger partial charge is 0.390 e. The Kier molecular flexibility index (Phi) is 4.30. The lowest BCUT2D eigenvalue weighted by atomic mass is 9.99. The van der Waals surface area contributed by atoms with Crippen LogP contribution in [0.25, 0.3) is 0 Å². The molecule has 0 radical (unpaired) electrons. The Morgan fingerprint density at radius 2 is 1.24 bits per heavy atom. The SMILES string of the molecule is OCC(F)(F)C(F)(F)C(F)(F)C(F)(F)C(O)Cl. The summed E-state index contributed by atoms with van der Waals surface area (Å²) in [5.41, 5.74) is -3.81. The summed E-state index contributed by atoms with van der Waals surface area (Å²) in [7, 11) is 0. The number of aliphatic hydroxyl groups is 2. The quantitative estimate of drug-likeness (QED) is 0.602. The van der Waals surface area contributed by atoms with E-state index in [1.54, 1.807) is 0 Å². The molecule has 0 amide bonds. The summed E-state index contributed by atoms with van der Waals surface area (Å²) >= 11 is 4.14. The van der Waals surface area contributed by atoms with Gasteiger partial charge >= 0.3 is 23.7 Å². The smallest absolute Gasteiger partial charge is 0.382 e. The minimum absolute atomic E-state index is 2.79. The predicted molar refractivity (Wildman–Crippen MR) is 38.7 cm³/mol. The fraction of sp³-hybridized carbons (Fsp3) is 1.00. The Balaban J connectivity index is 5.61. The van der Waals surface area contributed by atoms with Gasteiger partial charge in [-0.1, -0.05) is 11.6 Å². The molecule has 0 aromatic rings. The molecular formula is C6H5ClF8O2. The maximum absolute atomic E-state index is 12.6. The van der Waals surface area contributed by atoms with Crippen LogP contribution in [-0.4, -0.2) is 46.1 Å². The van der Waals surface area contributed by atoms with Gasteiger partial charge in [-0.15, -0.1) is 0 Å². The van der Waals surface area contributed by atoms with Crippen molar-refractivity contribution in [2.75, 3.05) is 6.61 Å². The van der Waals surface area contributed by atoms with Crippen LogP contribution in [0.5, 0.6) is 0 Å². The molecule has 0 fully saturated rings. The van der Waals surface area contributed by atoms with Gasteiger partial charge in [-0.25, -0.2) is 0 Å². The Labute approximate surface area is 93.8 Å². The molecule has 104 valence electrons. The topological polar surface area (TPSA) is 40.5 Å². The van der Waals surface area contributed by atoms with Gasteiger partial charge in [0.2, 0.25) is 0 Å². The van der Waals surface area contributed by atoms with Crippen molar-refractivity contribution < 1.29 is 45.3 Å². The zero-order chi connectivity index (χ0) is 14.3. The zero-order valence-electron chi connectivity index (χ0n) is 7.58. The first-order valence-corrected chi connectivity index (χ1v) is 4.13. The van der Waals surface area contributed by atoms with Gasteiger partial charge in [0.05, 0.1) is 0 Å². The fourth-order valence-electron chi connectivity index (χ4n) is 0.688. The third kappa shape index (κ3) is 2.29. The lowest BCUT2D eigenvalue weighted by Crippen LogP contribution is -2.65. The summed E-state index contributed by atoms with van der Waals surface area (Å²) in [4.78, 5) is 0. The number of alkyl halides is 9. The molecule has 0 aromatic carbocycles. The first-order chi connectivity index (χ1) is 7.25. The molecule has 0 saturated heterocycles. The number of rotatable bonds is 5. The molecule has 0 aromatic heterocycles. The summed E-state index contributed by atoms with van der Waals surface area (Å²) in [6.07, 6.45) is 0. The monoisotopic (exact) mass is 296 g/mol. The number of hydrogen-bond acceptors (Lipinski definition) is 2. The van der Waals surface area contributed by atoms with Gasteiger partial charge in [0.15, 0.2) is 5.56 Å². The van der Waals surface area contributed by atoms with E-state index in [0.29, 0.717) is 0 Å². The molecule has 1 unspecified atom stereocenters. The summed E-state index contributed by atoms with van der Waals surface area (Å²) in [5.74, 6) is -25.1. The fourth-order valence-corrected chi connectivity index (χ4v) is 0.825. The molecule has 0 aliphatic heterocycles. The molecule has 0 spiro atoms. The van der Waals surface area contributed by atoms with Crippen molar-refractivity contribution in [1.82, 2.24) is 0 Å². The van der Waals surface area contributed by atoms with E-state index in [1.165, 1.54) is 0 Å². The lowest BCUT2D eigenvalue weighted by Gasteiger charge is -2.36. The number of hydrogen-bond donors (Lipinski definition) is 2. The van der Waals surface area contributed by atoms with Crippen LogP contribution in [0.4, 0.5) is 35.1 Å². The van der Waals surface area contributed by atoms with Gasteiger partial charge in [0, 0.05) is 0 Å². The summed E-state index contributed by atoms with van der Waals surface area (Å²) in [6.45, 7) is -2.79. The molecule has 0 heterocycles. The Hall–Kier alpha value is -0.350. The normalized spacial score (nSPS) is 17.1. The average Bonchev–Trinajstić information content (AvgIpc) is 2.16. The van der Waals surface area contributed by atoms with Gasteiger partial charge in [0.1, 0.15) is 6.61 Å². The standard InChI is InChI=1S/C6H5ClF8O2/c7-2(17)4(10,11)6(14,15)5(12,13)3(8,9)1-16/h2,16-17H,1H2. The second-order valence-electron chi connectivity index (χ2n) is 2.97. The van der Waals surface area contributed by atoms with Crippen LogP contribution < -0.4 is 0 Å². The molecule has 0 saturated carbocycles. The van der Waals surface area contributed by atoms with E-state index >= 15 is 0 Å². The molecule has 1 atom stereocenters. The average molecular weight is 297 g/mol. The Morgan fingerprint density at radius 3 is 1.47 bits per heavy atom. The van der Waals surface area contributed by atoms with Gasteiger partial charge < -0.3 is 10.2 Å². The minimum atomic E-state index is -6.66. The Morgan fingerprint density at radius 1 is 0.882 bits per heavy atom. The minimum Gasteiger partial charge on any atom is -0.390 e. The molecule has 0 aliphatic carbocycles. The first kappa shape index (κ1) is 16.6. The number of halogens is 9. The molecule has 0 bridgehead atoms. The van der Waals surface area contributed by atoms with Crippen LogP contribution in [0.2, 0.25) is 0 Å². The van der Waals surface area contributed by atoms with Crippen molar-refractivity contribution in [3.63, 3.8) is 0 Å². The summed E-state index contributed by atoms with van der Waals surface area (Å²) in [5, 5.41) is 15.8. The highest BCUT2D eigenvalue weighted by atomic mass is 35.5. The van der Waals surface area contributed by atoms with Crippen LogP contribution in [-0.2, 0) is 0 Å². The first-order valence-electron chi connectivity index (χ1n) is 3.70. The second kappa shape index (κ2) is 4.39. The van der Waals surface area contributed by atoms with Crippen LogP contribution in [0, 0.1) is 0 Å². The van der Waals surface area contributed by atoms with E-state index in [1.807, 2.05) is 0 Å². The predicted octanol–water partition coefficient (Wildman–Crippen LogP) is 2.08. The van der Waals surface area contributed by atoms with Crippen molar-refractivity contribution >= 4 is 11.6 Å². The van der Waals surface area contributed by atoms with Gasteiger partial charge in [-0.05, 0) is 0 Å². The van der Waals surface area contributed by atoms with Crippen LogP contribution in [0.15, 0.2) is 0 Å². The zero-order valence-corrected chi connectivity index (χ0v) is 8.34. The van der Waals surface area contributed by atoms with Crippen molar-refractivity contribution in [3.05, 3.63) is 0 Å². The molecule has 0 rings (SSSR count). The van der Waals surface area contributed by atoms with Crippen molar-refractivity contribution in [1.29, 1.82) is 0 Å². The highest BCUT2D eigenvalue weighted by Gasteiger charge is 2.81. The third-order valence-corrected chi connectivity index (χ3v) is 2.04. The van der Waals surface area contributed by atoms with Gasteiger partial charge in [-0.2, -0.15) is 35.1 Å². The highest BCUT2D eigenvalue weighted by Crippen LogP contribution is 2.53. The van der Waals surface area contributed by atoms with Crippen LogP contribution in [0.3, 0.4) is 0 Å². The maximum atomic E-state index is 12.6. The molecule has 2 nitrogen and oxygen atoms in total. The Bertz CT molecular complexity index is 279. The van der Waals surface area contributed by atoms with E-state index in [0.717, 1.165) is 0 Å². The third-order valence-electron chi connectivity index (χ3n) is 1.77. The second-order valence-corrected chi connectivity index (χ2v) is 3.38. The molecular weight excluding hydrogens is 292 g/mol. The summed E-state index contributed by atoms with van der Waals surface area (Å²) < 4.78 is 99.7. The summed E-state index contributed by atoms with van der Waals surface area (Å²) in [6, 6.07) is 0. The molecule has 17 heavy (non-hydrogen) atoms. The highest BCUT2D eigenvalue weighted by molar-refractivity contribution is 6.20. The van der Waals surface area contributed by atoms with Gasteiger partial charge in [-0.3, -0.25) is 0 Å². The van der Waals surface area contributed by atoms with Crippen molar-refractivity contribution in [3.8, 4) is 0 Å². The van der Waals surface area contributed by atoms with Crippen molar-refractivity contribution in [2.45, 2.75) is 29.3 Å². The van der Waals surface area contributed by atoms with Crippen molar-refractivity contribution in [2.24, 2.45) is 0 Å². The maximum Gasteiger partial charge on any atom is 0.382 e. The van der Waals surface area contributed by atoms with Crippen LogP contribution in [0.1, 0.15) is 0 Å². The van der Waals surface area contributed by atoms with E-state index in [9.17, 15) is 35.1 Å². The van der Waals surface area contributed by atoms with Crippen LogP contribution >= 0.6 is 11.6 Å². The van der Waals surface area contributed by atoms with E-state index in [4.69, 9.17) is 10.2 Å². The van der Waals surface area contributed by atoms with Gasteiger partial charge in [0.25, 0.3) is 0 Å². The molecule has 11 heteroatoms. The number of aliphatic hydroxyl groups excluding tert-OH is 2. The van der Waals surface area contributed by atoms with E-state index in [-0.39, 0.29) is 0 Å². The van der Waals surface area contributed by atoms with E-state index < -0.39 is 35.9 Å². The van der Waals surface area contributed by atoms with E-state index in [2.05, 4.69) is 11.6 Å².